The summed E-state index contributed by atoms with van der Waals surface area (Å²) in [5.41, 5.74) is 2.73. The maximum absolute atomic E-state index is 13.0. The third kappa shape index (κ3) is 2.49. The highest BCUT2D eigenvalue weighted by Crippen LogP contribution is 2.37. The predicted molar refractivity (Wildman–Crippen MR) is 94.8 cm³/mol. The number of thiazole rings is 1. The number of thiophene rings is 1. The van der Waals surface area contributed by atoms with Gasteiger partial charge < -0.3 is 0 Å². The van der Waals surface area contributed by atoms with Gasteiger partial charge in [-0.25, -0.2) is 13.4 Å². The molecule has 0 N–H and O–H groups in total. The van der Waals surface area contributed by atoms with Crippen molar-refractivity contribution < 1.29 is 8.42 Å². The van der Waals surface area contributed by atoms with E-state index in [1.54, 1.807) is 17.4 Å². The molecule has 0 spiro atoms. The van der Waals surface area contributed by atoms with E-state index in [0.29, 0.717) is 10.8 Å². The summed E-state index contributed by atoms with van der Waals surface area (Å²) in [7, 11) is -3.50. The number of nitrogens with zero attached hydrogens (tertiary/aromatic N) is 2. The van der Waals surface area contributed by atoms with E-state index in [9.17, 15) is 8.42 Å². The van der Waals surface area contributed by atoms with Gasteiger partial charge in [0.15, 0.2) is 0 Å². The third-order valence-electron chi connectivity index (χ3n) is 3.84. The van der Waals surface area contributed by atoms with E-state index in [-0.39, 0.29) is 0 Å². The van der Waals surface area contributed by atoms with Crippen molar-refractivity contribution in [1.29, 1.82) is 0 Å². The van der Waals surface area contributed by atoms with E-state index >= 15 is 0 Å². The molecule has 0 atom stereocenters. The largest absolute Gasteiger partial charge is 0.273 e. The van der Waals surface area contributed by atoms with Gasteiger partial charge in [0.2, 0.25) is 0 Å². The minimum absolute atomic E-state index is 0.370. The quantitative estimate of drug-likeness (QED) is 0.709. The summed E-state index contributed by atoms with van der Waals surface area (Å²) in [6.45, 7) is 2.45. The number of aromatic nitrogens is 1. The Labute approximate surface area is 143 Å². The topological polar surface area (TPSA) is 50.3 Å². The molecule has 23 heavy (non-hydrogen) atoms. The number of sulfonamides is 1. The summed E-state index contributed by atoms with van der Waals surface area (Å²) in [5.74, 6) is 0. The SMILES string of the molecule is Cc1nc(-c2ccc(S(=O)(=O)N3CCc4ccccc43)s2)cs1. The molecule has 2 aromatic heterocycles. The fourth-order valence-corrected chi connectivity index (χ4v) is 6.31. The van der Waals surface area contributed by atoms with Crippen molar-refractivity contribution in [2.45, 2.75) is 17.6 Å². The van der Waals surface area contributed by atoms with Crippen LogP contribution in [0.2, 0.25) is 0 Å². The minimum atomic E-state index is -3.50. The highest BCUT2D eigenvalue weighted by atomic mass is 32.2. The monoisotopic (exact) mass is 362 g/mol. The first kappa shape index (κ1) is 14.9. The van der Waals surface area contributed by atoms with Gasteiger partial charge >= 0.3 is 0 Å². The van der Waals surface area contributed by atoms with Gasteiger partial charge in [-0.15, -0.1) is 22.7 Å². The van der Waals surface area contributed by atoms with Crippen LogP contribution in [0.25, 0.3) is 10.6 Å². The number of fused-ring (bicyclic) bond motifs is 1. The summed E-state index contributed by atoms with van der Waals surface area (Å²) < 4.78 is 27.8. The number of hydrogen-bond acceptors (Lipinski definition) is 5. The zero-order valence-electron chi connectivity index (χ0n) is 12.4. The van der Waals surface area contributed by atoms with E-state index in [1.165, 1.54) is 15.6 Å². The molecule has 4 nitrogen and oxygen atoms in total. The van der Waals surface area contributed by atoms with Crippen LogP contribution < -0.4 is 4.31 Å². The number of para-hydroxylation sites is 1. The predicted octanol–water partition coefficient (Wildman–Crippen LogP) is 3.93. The van der Waals surface area contributed by atoms with Crippen LogP contribution in [0.4, 0.5) is 5.69 Å². The summed E-state index contributed by atoms with van der Waals surface area (Å²) in [4.78, 5) is 5.32. The average Bonchev–Trinajstić information content (AvgIpc) is 3.25. The number of anilines is 1. The highest BCUT2D eigenvalue weighted by molar-refractivity contribution is 7.94. The zero-order valence-corrected chi connectivity index (χ0v) is 14.8. The Hall–Kier alpha value is -1.70. The molecular formula is C16H14N2O2S3. The number of benzene rings is 1. The average molecular weight is 363 g/mol. The highest BCUT2D eigenvalue weighted by Gasteiger charge is 2.31. The molecular weight excluding hydrogens is 348 g/mol. The van der Waals surface area contributed by atoms with Crippen molar-refractivity contribution in [3.8, 4) is 10.6 Å². The Morgan fingerprint density at radius 2 is 2.00 bits per heavy atom. The Balaban J connectivity index is 1.72. The van der Waals surface area contributed by atoms with Crippen molar-refractivity contribution in [1.82, 2.24) is 4.98 Å². The molecule has 0 amide bonds. The lowest BCUT2D eigenvalue weighted by Crippen LogP contribution is -2.28. The molecule has 0 fully saturated rings. The van der Waals surface area contributed by atoms with Crippen LogP contribution in [-0.2, 0) is 16.4 Å². The standard InChI is InChI=1S/C16H14N2O2S3/c1-11-17-13(10-21-11)15-6-7-16(22-15)23(19,20)18-9-8-12-4-2-3-5-14(12)18/h2-7,10H,8-9H2,1H3. The fourth-order valence-electron chi connectivity index (χ4n) is 2.74. The first-order chi connectivity index (χ1) is 11.1. The van der Waals surface area contributed by atoms with Gasteiger partial charge in [-0.1, -0.05) is 18.2 Å². The van der Waals surface area contributed by atoms with Gasteiger partial charge in [0.05, 0.1) is 21.3 Å². The van der Waals surface area contributed by atoms with Crippen LogP contribution in [-0.4, -0.2) is 19.9 Å². The third-order valence-corrected chi connectivity index (χ3v) is 8.00. The van der Waals surface area contributed by atoms with Crippen LogP contribution in [0.1, 0.15) is 10.6 Å². The molecule has 0 radical (unpaired) electrons. The van der Waals surface area contributed by atoms with Crippen LogP contribution in [0, 0.1) is 6.92 Å². The molecule has 1 aromatic carbocycles. The lowest BCUT2D eigenvalue weighted by atomic mass is 10.2. The van der Waals surface area contributed by atoms with Crippen molar-refractivity contribution in [2.24, 2.45) is 0 Å². The van der Waals surface area contributed by atoms with Crippen LogP contribution in [0.5, 0.6) is 0 Å². The van der Waals surface area contributed by atoms with Gasteiger partial charge in [0.25, 0.3) is 10.0 Å². The zero-order chi connectivity index (χ0) is 16.0. The number of hydrogen-bond donors (Lipinski definition) is 0. The smallest absolute Gasteiger partial charge is 0.265 e. The Morgan fingerprint density at radius 3 is 2.78 bits per heavy atom. The normalized spacial score (nSPS) is 14.2. The van der Waals surface area contributed by atoms with Gasteiger partial charge in [-0.3, -0.25) is 4.31 Å². The van der Waals surface area contributed by atoms with Crippen LogP contribution in [0.3, 0.4) is 0 Å². The van der Waals surface area contributed by atoms with E-state index < -0.39 is 10.0 Å². The van der Waals surface area contributed by atoms with Crippen molar-refractivity contribution in [3.63, 3.8) is 0 Å². The van der Waals surface area contributed by atoms with E-state index in [0.717, 1.165) is 33.3 Å². The van der Waals surface area contributed by atoms with Crippen molar-refractivity contribution >= 4 is 38.4 Å². The molecule has 1 aliphatic heterocycles. The molecule has 3 aromatic rings. The first-order valence-corrected chi connectivity index (χ1v) is 10.3. The summed E-state index contributed by atoms with van der Waals surface area (Å²) >= 11 is 2.85. The van der Waals surface area contributed by atoms with Gasteiger partial charge in [-0.05, 0) is 37.1 Å². The fraction of sp³-hybridized carbons (Fsp3) is 0.188. The molecule has 0 saturated heterocycles. The van der Waals surface area contributed by atoms with E-state index in [2.05, 4.69) is 4.98 Å². The second kappa shape index (κ2) is 5.43. The van der Waals surface area contributed by atoms with Gasteiger partial charge in [-0.2, -0.15) is 0 Å². The Morgan fingerprint density at radius 1 is 1.17 bits per heavy atom. The van der Waals surface area contributed by atoms with Crippen LogP contribution >= 0.6 is 22.7 Å². The first-order valence-electron chi connectivity index (χ1n) is 7.19. The maximum Gasteiger partial charge on any atom is 0.273 e. The molecule has 0 unspecified atom stereocenters. The molecule has 4 rings (SSSR count). The summed E-state index contributed by atoms with van der Waals surface area (Å²) in [6.07, 6.45) is 0.763. The van der Waals surface area contributed by atoms with Crippen molar-refractivity contribution in [3.05, 3.63) is 52.3 Å². The van der Waals surface area contributed by atoms with E-state index in [4.69, 9.17) is 0 Å². The van der Waals surface area contributed by atoms with Gasteiger partial charge in [0.1, 0.15) is 4.21 Å². The summed E-state index contributed by atoms with van der Waals surface area (Å²) in [6, 6.07) is 11.2. The molecule has 7 heteroatoms. The number of rotatable bonds is 3. The molecule has 0 saturated carbocycles. The molecule has 0 bridgehead atoms. The second-order valence-corrected chi connectivity index (χ2v) is 9.56. The van der Waals surface area contributed by atoms with Gasteiger partial charge in [0, 0.05) is 11.9 Å². The molecule has 118 valence electrons. The molecule has 1 aliphatic rings. The minimum Gasteiger partial charge on any atom is -0.265 e. The second-order valence-electron chi connectivity index (χ2n) is 5.33. The summed E-state index contributed by atoms with van der Waals surface area (Å²) in [5, 5.41) is 2.94. The molecule has 3 heterocycles. The lowest BCUT2D eigenvalue weighted by Gasteiger charge is -2.18. The lowest BCUT2D eigenvalue weighted by molar-refractivity contribution is 0.594. The van der Waals surface area contributed by atoms with Crippen LogP contribution in [0.15, 0.2) is 46.0 Å². The number of aryl methyl sites for hydroxylation is 1. The molecule has 0 aliphatic carbocycles. The Kier molecular flexibility index (Phi) is 3.51. The van der Waals surface area contributed by atoms with E-state index in [1.807, 2.05) is 42.6 Å². The van der Waals surface area contributed by atoms with Crippen molar-refractivity contribution in [2.75, 3.05) is 10.8 Å². The maximum atomic E-state index is 13.0. The Bertz CT molecular complexity index is 973.